The maximum absolute atomic E-state index is 10.5. The minimum Gasteiger partial charge on any atom is -0.507 e. The third-order valence-corrected chi connectivity index (χ3v) is 3.87. The lowest BCUT2D eigenvalue weighted by molar-refractivity contribution is 0.278. The van der Waals surface area contributed by atoms with Crippen LogP contribution in [0.3, 0.4) is 0 Å². The highest BCUT2D eigenvalue weighted by Gasteiger charge is 2.31. The third kappa shape index (κ3) is 4.01. The summed E-state index contributed by atoms with van der Waals surface area (Å²) in [6.45, 7) is 19.9. The van der Waals surface area contributed by atoms with Crippen LogP contribution < -0.4 is 0 Å². The van der Waals surface area contributed by atoms with Gasteiger partial charge in [-0.15, -0.1) is 0 Å². The molecule has 1 heteroatoms. The van der Waals surface area contributed by atoms with E-state index in [2.05, 4.69) is 67.5 Å². The highest BCUT2D eigenvalue weighted by molar-refractivity contribution is 5.48. The fourth-order valence-corrected chi connectivity index (χ4v) is 3.15. The Hall–Kier alpha value is -0.980. The van der Waals surface area contributed by atoms with Gasteiger partial charge in [-0.1, -0.05) is 67.5 Å². The average Bonchev–Trinajstić information content (AvgIpc) is 2.16. The molecular weight excluding hydrogens is 244 g/mol. The van der Waals surface area contributed by atoms with Gasteiger partial charge in [-0.05, 0) is 40.7 Å². The van der Waals surface area contributed by atoms with Crippen LogP contribution in [0.2, 0.25) is 0 Å². The van der Waals surface area contributed by atoms with Crippen molar-refractivity contribution in [1.82, 2.24) is 0 Å². The molecule has 0 radical (unpaired) electrons. The molecule has 0 aromatic heterocycles. The summed E-state index contributed by atoms with van der Waals surface area (Å²) in [5.74, 6) is 0.465. The molecule has 0 bridgehead atoms. The number of hydrogen-bond donors (Lipinski definition) is 1. The van der Waals surface area contributed by atoms with Crippen LogP contribution in [0.15, 0.2) is 12.1 Å². The van der Waals surface area contributed by atoms with Crippen molar-refractivity contribution in [2.45, 2.75) is 79.6 Å². The number of phenolic OH excluding ortho intramolecular Hbond substituents is 1. The molecule has 0 saturated heterocycles. The lowest BCUT2D eigenvalue weighted by atomic mass is 9.70. The van der Waals surface area contributed by atoms with Crippen molar-refractivity contribution in [3.8, 4) is 5.75 Å². The number of benzene rings is 1. The summed E-state index contributed by atoms with van der Waals surface area (Å²) < 4.78 is 0. The van der Waals surface area contributed by atoms with E-state index in [1.54, 1.807) is 0 Å². The topological polar surface area (TPSA) is 20.2 Å². The van der Waals surface area contributed by atoms with E-state index in [9.17, 15) is 5.11 Å². The van der Waals surface area contributed by atoms with E-state index in [1.165, 1.54) is 5.56 Å². The minimum absolute atomic E-state index is 0.0334. The van der Waals surface area contributed by atoms with Crippen LogP contribution >= 0.6 is 0 Å². The lowest BCUT2D eigenvalue weighted by Gasteiger charge is -2.35. The Kier molecular flexibility index (Phi) is 4.35. The predicted molar refractivity (Wildman–Crippen MR) is 88.6 cm³/mol. The predicted octanol–water partition coefficient (Wildman–Crippen LogP) is 5.71. The van der Waals surface area contributed by atoms with Gasteiger partial charge in [0, 0.05) is 5.56 Å². The fourth-order valence-electron chi connectivity index (χ4n) is 3.15. The molecule has 0 amide bonds. The normalized spacial score (nSPS) is 13.7. The Morgan fingerprint density at radius 3 is 1.80 bits per heavy atom. The van der Waals surface area contributed by atoms with Gasteiger partial charge in [0.15, 0.2) is 0 Å². The van der Waals surface area contributed by atoms with Crippen LogP contribution in [-0.2, 0) is 10.8 Å². The maximum Gasteiger partial charge on any atom is 0.122 e. The molecule has 20 heavy (non-hydrogen) atoms. The maximum atomic E-state index is 10.5. The minimum atomic E-state index is -0.0334. The van der Waals surface area contributed by atoms with Gasteiger partial charge in [-0.2, -0.15) is 0 Å². The summed E-state index contributed by atoms with van der Waals surface area (Å²) in [5.41, 5.74) is 3.66. The molecule has 0 spiro atoms. The first kappa shape index (κ1) is 17.1. The molecular formula is C19H32O. The van der Waals surface area contributed by atoms with E-state index in [0.29, 0.717) is 5.75 Å². The second-order valence-electron chi connectivity index (χ2n) is 9.06. The van der Waals surface area contributed by atoms with Crippen LogP contribution in [0, 0.1) is 12.3 Å². The zero-order chi connectivity index (χ0) is 15.9. The van der Waals surface area contributed by atoms with Crippen molar-refractivity contribution < 1.29 is 5.11 Å². The highest BCUT2D eigenvalue weighted by Crippen LogP contribution is 2.42. The highest BCUT2D eigenvalue weighted by atomic mass is 16.3. The van der Waals surface area contributed by atoms with Crippen LogP contribution in [-0.4, -0.2) is 5.11 Å². The largest absolute Gasteiger partial charge is 0.507 e. The van der Waals surface area contributed by atoms with Crippen molar-refractivity contribution in [2.24, 2.45) is 5.41 Å². The molecule has 1 N–H and O–H groups in total. The molecule has 0 aliphatic rings. The number of aryl methyl sites for hydroxylation is 1. The van der Waals surface area contributed by atoms with Crippen molar-refractivity contribution in [1.29, 1.82) is 0 Å². The summed E-state index contributed by atoms with van der Waals surface area (Å²) >= 11 is 0. The molecule has 0 aliphatic heterocycles. The molecule has 0 atom stereocenters. The van der Waals surface area contributed by atoms with E-state index in [0.717, 1.165) is 17.5 Å². The standard InChI is InChI=1S/C19H32O/c1-13-10-14(18(5,6)7)11-15(16(13)20)19(8,9)12-17(2,3)4/h10-11,20H,12H2,1-9H3. The molecule has 1 nitrogen and oxygen atoms in total. The first-order valence-corrected chi connectivity index (χ1v) is 7.59. The van der Waals surface area contributed by atoms with Gasteiger partial charge in [-0.3, -0.25) is 0 Å². The lowest BCUT2D eigenvalue weighted by Crippen LogP contribution is -2.26. The zero-order valence-electron chi connectivity index (χ0n) is 14.8. The molecule has 0 fully saturated rings. The molecule has 0 aliphatic carbocycles. The summed E-state index contributed by atoms with van der Waals surface area (Å²) in [6.07, 6.45) is 1.04. The number of rotatable bonds is 2. The first-order chi connectivity index (χ1) is 8.74. The third-order valence-electron chi connectivity index (χ3n) is 3.87. The van der Waals surface area contributed by atoms with E-state index >= 15 is 0 Å². The summed E-state index contributed by atoms with van der Waals surface area (Å²) in [4.78, 5) is 0. The van der Waals surface area contributed by atoms with Gasteiger partial charge in [0.2, 0.25) is 0 Å². The van der Waals surface area contributed by atoms with Gasteiger partial charge >= 0.3 is 0 Å². The van der Waals surface area contributed by atoms with Crippen LogP contribution in [0.1, 0.15) is 78.5 Å². The quantitative estimate of drug-likeness (QED) is 0.733. The number of phenols is 1. The van der Waals surface area contributed by atoms with Crippen molar-refractivity contribution in [3.05, 3.63) is 28.8 Å². The van der Waals surface area contributed by atoms with Gasteiger partial charge in [0.05, 0.1) is 0 Å². The summed E-state index contributed by atoms with van der Waals surface area (Å²) in [6, 6.07) is 4.32. The summed E-state index contributed by atoms with van der Waals surface area (Å²) in [5, 5.41) is 10.5. The van der Waals surface area contributed by atoms with E-state index in [-0.39, 0.29) is 16.2 Å². The van der Waals surface area contributed by atoms with Crippen LogP contribution in [0.25, 0.3) is 0 Å². The second kappa shape index (κ2) is 5.09. The van der Waals surface area contributed by atoms with Crippen LogP contribution in [0.5, 0.6) is 5.75 Å². The van der Waals surface area contributed by atoms with E-state index in [1.807, 2.05) is 6.92 Å². The second-order valence-corrected chi connectivity index (χ2v) is 9.06. The summed E-state index contributed by atoms with van der Waals surface area (Å²) in [7, 11) is 0. The number of hydrogen-bond acceptors (Lipinski definition) is 1. The molecule has 1 aromatic rings. The van der Waals surface area contributed by atoms with Crippen molar-refractivity contribution in [2.75, 3.05) is 0 Å². The Balaban J connectivity index is 3.40. The molecule has 1 rings (SSSR count). The van der Waals surface area contributed by atoms with Gasteiger partial charge in [-0.25, -0.2) is 0 Å². The van der Waals surface area contributed by atoms with E-state index < -0.39 is 0 Å². The smallest absolute Gasteiger partial charge is 0.122 e. The van der Waals surface area contributed by atoms with Crippen LogP contribution in [0.4, 0.5) is 0 Å². The molecule has 0 unspecified atom stereocenters. The molecule has 1 aromatic carbocycles. The molecule has 0 saturated carbocycles. The Bertz CT molecular complexity index is 482. The Morgan fingerprint density at radius 2 is 1.40 bits per heavy atom. The van der Waals surface area contributed by atoms with Gasteiger partial charge < -0.3 is 5.11 Å². The van der Waals surface area contributed by atoms with E-state index in [4.69, 9.17) is 0 Å². The van der Waals surface area contributed by atoms with Crippen molar-refractivity contribution in [3.63, 3.8) is 0 Å². The van der Waals surface area contributed by atoms with Gasteiger partial charge in [0.25, 0.3) is 0 Å². The monoisotopic (exact) mass is 276 g/mol. The fraction of sp³-hybridized carbons (Fsp3) is 0.684. The number of aromatic hydroxyl groups is 1. The SMILES string of the molecule is Cc1cc(C(C)(C)C)cc(C(C)(C)CC(C)(C)C)c1O. The average molecular weight is 276 g/mol. The molecule has 114 valence electrons. The zero-order valence-corrected chi connectivity index (χ0v) is 14.8. The Labute approximate surface area is 125 Å². The van der Waals surface area contributed by atoms with Crippen molar-refractivity contribution >= 4 is 0 Å². The molecule has 0 heterocycles. The first-order valence-electron chi connectivity index (χ1n) is 7.59. The Morgan fingerprint density at radius 1 is 0.900 bits per heavy atom. The van der Waals surface area contributed by atoms with Gasteiger partial charge in [0.1, 0.15) is 5.75 Å².